The Bertz CT molecular complexity index is 968. The minimum absolute atomic E-state index is 0.115. The second-order valence-electron chi connectivity index (χ2n) is 4.58. The second kappa shape index (κ2) is 5.28. The van der Waals surface area contributed by atoms with Gasteiger partial charge in [0.05, 0.1) is 11.5 Å². The molecule has 0 spiro atoms. The summed E-state index contributed by atoms with van der Waals surface area (Å²) in [5.41, 5.74) is -1.03. The van der Waals surface area contributed by atoms with Gasteiger partial charge in [0.1, 0.15) is 0 Å². The Morgan fingerprint density at radius 2 is 1.91 bits per heavy atom. The van der Waals surface area contributed by atoms with E-state index in [9.17, 15) is 19.7 Å². The van der Waals surface area contributed by atoms with Crippen LogP contribution in [-0.4, -0.2) is 23.7 Å². The SMILES string of the molecule is O=c1c([N+](=O)[O-])cccn1CCn1nc2ccccn2c1=O. The third-order valence-electron chi connectivity index (χ3n) is 3.24. The molecule has 22 heavy (non-hydrogen) atoms. The molecule has 3 aromatic heterocycles. The Labute approximate surface area is 122 Å². The molecule has 9 heteroatoms. The van der Waals surface area contributed by atoms with Gasteiger partial charge < -0.3 is 4.57 Å². The summed E-state index contributed by atoms with van der Waals surface area (Å²) in [4.78, 5) is 34.0. The van der Waals surface area contributed by atoms with E-state index in [0.717, 1.165) is 6.07 Å². The summed E-state index contributed by atoms with van der Waals surface area (Å²) in [6, 6.07) is 7.74. The van der Waals surface area contributed by atoms with Crippen LogP contribution in [0.3, 0.4) is 0 Å². The summed E-state index contributed by atoms with van der Waals surface area (Å²) in [5, 5.41) is 14.9. The molecule has 3 heterocycles. The highest BCUT2D eigenvalue weighted by Gasteiger charge is 2.14. The van der Waals surface area contributed by atoms with Crippen LogP contribution in [0.15, 0.2) is 52.3 Å². The molecule has 0 saturated carbocycles. The van der Waals surface area contributed by atoms with Gasteiger partial charge in [-0.15, -0.1) is 5.10 Å². The molecule has 0 radical (unpaired) electrons. The van der Waals surface area contributed by atoms with Crippen molar-refractivity contribution >= 4 is 11.3 Å². The second-order valence-corrected chi connectivity index (χ2v) is 4.58. The number of aromatic nitrogens is 4. The fourth-order valence-electron chi connectivity index (χ4n) is 2.16. The maximum atomic E-state index is 12.1. The van der Waals surface area contributed by atoms with E-state index in [0.29, 0.717) is 5.65 Å². The van der Waals surface area contributed by atoms with Gasteiger partial charge in [0.2, 0.25) is 0 Å². The van der Waals surface area contributed by atoms with Crippen molar-refractivity contribution in [3.63, 3.8) is 0 Å². The van der Waals surface area contributed by atoms with Gasteiger partial charge >= 0.3 is 16.9 Å². The molecule has 0 aliphatic heterocycles. The molecule has 0 aromatic carbocycles. The maximum absolute atomic E-state index is 12.1. The molecule has 0 amide bonds. The summed E-state index contributed by atoms with van der Waals surface area (Å²) in [6.45, 7) is 0.256. The first-order valence-corrected chi connectivity index (χ1v) is 6.46. The van der Waals surface area contributed by atoms with E-state index in [1.54, 1.807) is 24.4 Å². The molecular weight excluding hydrogens is 290 g/mol. The van der Waals surface area contributed by atoms with E-state index >= 15 is 0 Å². The lowest BCUT2D eigenvalue weighted by atomic mass is 10.4. The highest BCUT2D eigenvalue weighted by Crippen LogP contribution is 2.02. The predicted molar refractivity (Wildman–Crippen MR) is 76.8 cm³/mol. The Hall–Kier alpha value is -3.23. The van der Waals surface area contributed by atoms with Crippen LogP contribution in [0, 0.1) is 10.1 Å². The smallest absolute Gasteiger partial charge is 0.308 e. The molecule has 0 atom stereocenters. The molecule has 0 saturated heterocycles. The van der Waals surface area contributed by atoms with Gasteiger partial charge in [0.15, 0.2) is 5.65 Å². The van der Waals surface area contributed by atoms with Gasteiger partial charge in [0, 0.05) is 25.0 Å². The molecule has 3 aromatic rings. The number of hydrogen-bond acceptors (Lipinski definition) is 5. The van der Waals surface area contributed by atoms with Crippen LogP contribution in [0.4, 0.5) is 5.69 Å². The third kappa shape index (κ3) is 2.28. The zero-order valence-corrected chi connectivity index (χ0v) is 11.3. The molecular formula is C13H11N5O4. The van der Waals surface area contributed by atoms with Crippen molar-refractivity contribution < 1.29 is 4.92 Å². The molecule has 0 aliphatic rings. The van der Waals surface area contributed by atoms with Crippen LogP contribution in [-0.2, 0) is 13.1 Å². The van der Waals surface area contributed by atoms with Crippen LogP contribution < -0.4 is 11.2 Å². The lowest BCUT2D eigenvalue weighted by Gasteiger charge is -2.04. The van der Waals surface area contributed by atoms with Gasteiger partial charge in [0.25, 0.3) is 0 Å². The molecule has 9 nitrogen and oxygen atoms in total. The van der Waals surface area contributed by atoms with Crippen molar-refractivity contribution in [2.24, 2.45) is 0 Å². The van der Waals surface area contributed by atoms with E-state index in [-0.39, 0.29) is 18.8 Å². The van der Waals surface area contributed by atoms with Crippen LogP contribution in [0.25, 0.3) is 5.65 Å². The Kier molecular flexibility index (Phi) is 3.30. The average molecular weight is 301 g/mol. The van der Waals surface area contributed by atoms with Crippen molar-refractivity contribution in [1.82, 2.24) is 18.7 Å². The highest BCUT2D eigenvalue weighted by atomic mass is 16.6. The Morgan fingerprint density at radius 3 is 2.64 bits per heavy atom. The van der Waals surface area contributed by atoms with Crippen LogP contribution in [0.5, 0.6) is 0 Å². The van der Waals surface area contributed by atoms with E-state index in [1.807, 2.05) is 0 Å². The summed E-state index contributed by atoms with van der Waals surface area (Å²) in [6.07, 6.45) is 3.04. The number of nitrogens with zero attached hydrogens (tertiary/aromatic N) is 5. The number of aryl methyl sites for hydroxylation is 2. The average Bonchev–Trinajstić information content (AvgIpc) is 2.83. The summed E-state index contributed by atoms with van der Waals surface area (Å²) in [5.74, 6) is 0. The first-order chi connectivity index (χ1) is 10.6. The summed E-state index contributed by atoms with van der Waals surface area (Å²) >= 11 is 0. The summed E-state index contributed by atoms with van der Waals surface area (Å²) in [7, 11) is 0. The third-order valence-corrected chi connectivity index (χ3v) is 3.24. The molecule has 0 N–H and O–H groups in total. The Balaban J connectivity index is 1.90. The molecule has 0 aliphatic carbocycles. The molecule has 0 bridgehead atoms. The van der Waals surface area contributed by atoms with Crippen molar-refractivity contribution in [3.8, 4) is 0 Å². The van der Waals surface area contributed by atoms with E-state index in [4.69, 9.17) is 0 Å². The molecule has 0 unspecified atom stereocenters. The standard InChI is InChI=1S/C13H11N5O4/c19-12-10(18(21)22)4-3-6-15(12)8-9-17-13(20)16-7-2-1-5-11(16)14-17/h1-7H,8-9H2. The van der Waals surface area contributed by atoms with E-state index in [1.165, 1.54) is 25.9 Å². The summed E-state index contributed by atoms with van der Waals surface area (Å²) < 4.78 is 3.80. The van der Waals surface area contributed by atoms with Crippen molar-refractivity contribution in [2.75, 3.05) is 0 Å². The van der Waals surface area contributed by atoms with Crippen LogP contribution in [0.2, 0.25) is 0 Å². The topological polar surface area (TPSA) is 104 Å². The normalized spacial score (nSPS) is 10.9. The number of pyridine rings is 2. The predicted octanol–water partition coefficient (Wildman–Crippen LogP) is 0.266. The minimum Gasteiger partial charge on any atom is -0.308 e. The van der Waals surface area contributed by atoms with Crippen molar-refractivity contribution in [1.29, 1.82) is 0 Å². The number of nitro groups is 1. The number of fused-ring (bicyclic) bond motifs is 1. The van der Waals surface area contributed by atoms with Gasteiger partial charge in [-0.1, -0.05) is 6.07 Å². The first kappa shape index (κ1) is 13.7. The van der Waals surface area contributed by atoms with Gasteiger partial charge in [-0.05, 0) is 18.2 Å². The Morgan fingerprint density at radius 1 is 1.09 bits per heavy atom. The molecule has 3 rings (SSSR count). The fourth-order valence-corrected chi connectivity index (χ4v) is 2.16. The maximum Gasteiger partial charge on any atom is 0.350 e. The van der Waals surface area contributed by atoms with Crippen molar-refractivity contribution in [3.05, 3.63) is 73.7 Å². The molecule has 112 valence electrons. The quantitative estimate of drug-likeness (QED) is 0.508. The van der Waals surface area contributed by atoms with Crippen molar-refractivity contribution in [2.45, 2.75) is 13.1 Å². The number of rotatable bonds is 4. The molecule has 0 fully saturated rings. The van der Waals surface area contributed by atoms with E-state index < -0.39 is 16.2 Å². The van der Waals surface area contributed by atoms with Crippen LogP contribution in [0.1, 0.15) is 0 Å². The minimum atomic E-state index is -0.726. The zero-order valence-electron chi connectivity index (χ0n) is 11.3. The lowest BCUT2D eigenvalue weighted by Crippen LogP contribution is -2.27. The first-order valence-electron chi connectivity index (χ1n) is 6.46. The van der Waals surface area contributed by atoms with Gasteiger partial charge in [-0.2, -0.15) is 0 Å². The monoisotopic (exact) mass is 301 g/mol. The largest absolute Gasteiger partial charge is 0.350 e. The van der Waals surface area contributed by atoms with Crippen LogP contribution >= 0.6 is 0 Å². The van der Waals surface area contributed by atoms with Gasteiger partial charge in [-0.3, -0.25) is 19.3 Å². The zero-order chi connectivity index (χ0) is 15.7. The highest BCUT2D eigenvalue weighted by molar-refractivity contribution is 5.35. The number of hydrogen-bond donors (Lipinski definition) is 0. The van der Waals surface area contributed by atoms with E-state index in [2.05, 4.69) is 5.10 Å². The fraction of sp³-hybridized carbons (Fsp3) is 0.154. The lowest BCUT2D eigenvalue weighted by molar-refractivity contribution is -0.386. The van der Waals surface area contributed by atoms with Gasteiger partial charge in [-0.25, -0.2) is 9.48 Å².